The van der Waals surface area contributed by atoms with Crippen LogP contribution >= 0.6 is 11.6 Å². The highest BCUT2D eigenvalue weighted by molar-refractivity contribution is 6.30. The van der Waals surface area contributed by atoms with Gasteiger partial charge in [-0.25, -0.2) is 9.59 Å². The molecule has 0 radical (unpaired) electrons. The molecule has 3 N–H and O–H groups in total. The molecule has 180 valence electrons. The second kappa shape index (κ2) is 10.9. The van der Waals surface area contributed by atoms with Crippen LogP contribution in [0.4, 0.5) is 29.6 Å². The Morgan fingerprint density at radius 2 is 1.68 bits per heavy atom. The zero-order valence-corrected chi connectivity index (χ0v) is 18.3. The van der Waals surface area contributed by atoms with E-state index in [9.17, 15) is 18.0 Å². The lowest BCUT2D eigenvalue weighted by Crippen LogP contribution is -2.50. The van der Waals surface area contributed by atoms with E-state index in [1.165, 1.54) is 0 Å². The number of aromatic nitrogens is 3. The Morgan fingerprint density at radius 1 is 1.03 bits per heavy atom. The van der Waals surface area contributed by atoms with Gasteiger partial charge in [-0.1, -0.05) is 48.0 Å². The smallest absolute Gasteiger partial charge is 0.475 e. The number of carbonyl (C=O) groups excluding carboxylic acids is 1. The minimum absolute atomic E-state index is 0.195. The second-order valence-electron chi connectivity index (χ2n) is 7.06. The van der Waals surface area contributed by atoms with E-state index < -0.39 is 12.1 Å². The van der Waals surface area contributed by atoms with Gasteiger partial charge in [-0.05, 0) is 18.2 Å². The Morgan fingerprint density at radius 3 is 2.26 bits per heavy atom. The second-order valence-corrected chi connectivity index (χ2v) is 7.50. The number of aliphatic carboxylic acids is 1. The number of nitrogens with zero attached hydrogens (tertiary/aromatic N) is 4. The number of rotatable bonds is 3. The number of carboxylic acid groups (broad SMARTS) is 1. The lowest BCUT2D eigenvalue weighted by atomic mass is 10.2. The van der Waals surface area contributed by atoms with Gasteiger partial charge in [0.2, 0.25) is 5.95 Å². The third-order valence-corrected chi connectivity index (χ3v) is 4.97. The van der Waals surface area contributed by atoms with Crippen molar-refractivity contribution in [1.82, 2.24) is 20.1 Å². The molecule has 1 fully saturated rings. The van der Waals surface area contributed by atoms with Gasteiger partial charge in [0.05, 0.1) is 0 Å². The van der Waals surface area contributed by atoms with Crippen LogP contribution in [0, 0.1) is 0 Å². The molecule has 3 aromatic rings. The van der Waals surface area contributed by atoms with Crippen LogP contribution in [-0.2, 0) is 4.79 Å². The maximum absolute atomic E-state index is 12.5. The number of carboxylic acids is 1. The number of H-pyrrole nitrogens is 1. The molecule has 9 nitrogen and oxygen atoms in total. The topological polar surface area (TPSA) is 114 Å². The van der Waals surface area contributed by atoms with Gasteiger partial charge in [-0.3, -0.25) is 10.4 Å². The minimum atomic E-state index is -5.08. The summed E-state index contributed by atoms with van der Waals surface area (Å²) in [6.07, 6.45) is -5.08. The Hall–Kier alpha value is -3.80. The van der Waals surface area contributed by atoms with Gasteiger partial charge in [0, 0.05) is 42.5 Å². The fourth-order valence-corrected chi connectivity index (χ4v) is 3.24. The number of halogens is 4. The quantitative estimate of drug-likeness (QED) is 0.502. The van der Waals surface area contributed by atoms with E-state index in [4.69, 9.17) is 21.5 Å². The van der Waals surface area contributed by atoms with Crippen LogP contribution in [0.1, 0.15) is 0 Å². The summed E-state index contributed by atoms with van der Waals surface area (Å²) < 4.78 is 31.7. The Balaban J connectivity index is 0.000000406. The van der Waals surface area contributed by atoms with E-state index in [-0.39, 0.29) is 12.0 Å². The molecule has 1 aliphatic rings. The molecule has 1 aliphatic heterocycles. The van der Waals surface area contributed by atoms with Crippen LogP contribution in [0.15, 0.2) is 54.6 Å². The number of carbonyl (C=O) groups is 2. The highest BCUT2D eigenvalue weighted by atomic mass is 35.5. The van der Waals surface area contributed by atoms with Crippen LogP contribution in [-0.4, -0.2) is 69.5 Å². The maximum atomic E-state index is 12.5. The molecule has 1 saturated heterocycles. The van der Waals surface area contributed by atoms with Gasteiger partial charge in [0.1, 0.15) is 0 Å². The van der Waals surface area contributed by atoms with Crippen molar-refractivity contribution < 1.29 is 27.9 Å². The molecule has 0 unspecified atom stereocenters. The van der Waals surface area contributed by atoms with Crippen LogP contribution in [0.5, 0.6) is 0 Å². The van der Waals surface area contributed by atoms with Crippen LogP contribution in [0.3, 0.4) is 0 Å². The van der Waals surface area contributed by atoms with Crippen LogP contribution in [0.2, 0.25) is 5.02 Å². The summed E-state index contributed by atoms with van der Waals surface area (Å²) in [4.78, 5) is 29.7. The molecule has 1 aromatic heterocycles. The number of urea groups is 1. The van der Waals surface area contributed by atoms with E-state index in [0.29, 0.717) is 23.9 Å². The first-order valence-electron chi connectivity index (χ1n) is 9.98. The van der Waals surface area contributed by atoms with Gasteiger partial charge in [-0.15, -0.1) is 5.10 Å². The molecule has 2 amide bonds. The summed E-state index contributed by atoms with van der Waals surface area (Å²) in [5, 5.41) is 17.5. The molecule has 0 atom stereocenters. The van der Waals surface area contributed by atoms with E-state index >= 15 is 0 Å². The number of benzene rings is 2. The van der Waals surface area contributed by atoms with Crippen molar-refractivity contribution in [2.45, 2.75) is 6.18 Å². The first-order valence-corrected chi connectivity index (χ1v) is 10.4. The fraction of sp³-hybridized carbons (Fsp3) is 0.238. The zero-order chi connectivity index (χ0) is 24.7. The van der Waals surface area contributed by atoms with Crippen molar-refractivity contribution in [2.24, 2.45) is 0 Å². The van der Waals surface area contributed by atoms with Crippen molar-refractivity contribution in [3.63, 3.8) is 0 Å². The summed E-state index contributed by atoms with van der Waals surface area (Å²) >= 11 is 6.06. The third-order valence-electron chi connectivity index (χ3n) is 4.73. The number of anilines is 2. The fourth-order valence-electron chi connectivity index (χ4n) is 3.06. The van der Waals surface area contributed by atoms with Crippen molar-refractivity contribution in [3.05, 3.63) is 59.6 Å². The van der Waals surface area contributed by atoms with Crippen molar-refractivity contribution in [2.75, 3.05) is 36.4 Å². The number of aromatic amines is 1. The molecule has 2 aromatic carbocycles. The molecule has 0 saturated carbocycles. The van der Waals surface area contributed by atoms with Crippen molar-refractivity contribution in [3.8, 4) is 11.4 Å². The Bertz CT molecular complexity index is 1120. The molecule has 0 bridgehead atoms. The highest BCUT2D eigenvalue weighted by Crippen LogP contribution is 2.21. The van der Waals surface area contributed by atoms with Gasteiger partial charge in [-0.2, -0.15) is 18.2 Å². The first-order chi connectivity index (χ1) is 16.1. The molecule has 4 rings (SSSR count). The largest absolute Gasteiger partial charge is 0.490 e. The summed E-state index contributed by atoms with van der Waals surface area (Å²) in [6.45, 7) is 2.73. The number of piperazine rings is 1. The van der Waals surface area contributed by atoms with Crippen molar-refractivity contribution in [1.29, 1.82) is 0 Å². The molecule has 34 heavy (non-hydrogen) atoms. The molecule has 13 heteroatoms. The van der Waals surface area contributed by atoms with Gasteiger partial charge < -0.3 is 14.9 Å². The summed E-state index contributed by atoms with van der Waals surface area (Å²) in [5.74, 6) is -1.86. The Labute approximate surface area is 197 Å². The summed E-state index contributed by atoms with van der Waals surface area (Å²) in [6, 6.07) is 17.2. The number of nitrogens with one attached hydrogen (secondary N) is 2. The number of hydrogen-bond donors (Lipinski definition) is 3. The summed E-state index contributed by atoms with van der Waals surface area (Å²) in [7, 11) is 0. The lowest BCUT2D eigenvalue weighted by Gasteiger charge is -2.35. The average molecular weight is 497 g/mol. The zero-order valence-electron chi connectivity index (χ0n) is 17.6. The standard InChI is InChI=1S/C19H19ClN6O.C2HF3O2/c20-15-7-4-8-16(13-15)25-9-11-26(12-10-25)19(27)22-18-21-17(23-24-18)14-5-2-1-3-6-14;3-2(4,5)1(6)7/h1-8,13H,9-12H2,(H2,21,22,23,24,27);(H,6,7). The summed E-state index contributed by atoms with van der Waals surface area (Å²) in [5.41, 5.74) is 1.99. The number of amides is 2. The van der Waals surface area contributed by atoms with Gasteiger partial charge in [0.15, 0.2) is 5.82 Å². The van der Waals surface area contributed by atoms with E-state index in [1.54, 1.807) is 4.90 Å². The normalized spacial score (nSPS) is 13.6. The van der Waals surface area contributed by atoms with Crippen LogP contribution in [0.25, 0.3) is 11.4 Å². The minimum Gasteiger partial charge on any atom is -0.475 e. The number of hydrogen-bond acceptors (Lipinski definition) is 5. The molecular weight excluding hydrogens is 477 g/mol. The predicted molar refractivity (Wildman–Crippen MR) is 120 cm³/mol. The first kappa shape index (κ1) is 24.8. The van der Waals surface area contributed by atoms with E-state index in [2.05, 4.69) is 25.4 Å². The third kappa shape index (κ3) is 6.85. The van der Waals surface area contributed by atoms with E-state index in [1.807, 2.05) is 54.6 Å². The van der Waals surface area contributed by atoms with Crippen LogP contribution < -0.4 is 10.2 Å². The van der Waals surface area contributed by atoms with E-state index in [0.717, 1.165) is 24.3 Å². The van der Waals surface area contributed by atoms with Gasteiger partial charge >= 0.3 is 18.2 Å². The molecule has 0 spiro atoms. The monoisotopic (exact) mass is 496 g/mol. The highest BCUT2D eigenvalue weighted by Gasteiger charge is 2.38. The van der Waals surface area contributed by atoms with Gasteiger partial charge in [0.25, 0.3) is 0 Å². The molecule has 2 heterocycles. The molecular formula is C21H20ClF3N6O3. The maximum Gasteiger partial charge on any atom is 0.490 e. The lowest BCUT2D eigenvalue weighted by molar-refractivity contribution is -0.192. The average Bonchev–Trinajstić information content (AvgIpc) is 3.28. The number of alkyl halides is 3. The Kier molecular flexibility index (Phi) is 7.95. The SMILES string of the molecule is O=C(Nc1n[nH]c(-c2ccccc2)n1)N1CCN(c2cccc(Cl)c2)CC1.O=C(O)C(F)(F)F. The van der Waals surface area contributed by atoms with Crippen molar-refractivity contribution >= 4 is 35.2 Å². The predicted octanol–water partition coefficient (Wildman–Crippen LogP) is 4.11. The molecule has 0 aliphatic carbocycles.